The molecule has 12 heavy (non-hydrogen) atoms. The largest absolute Gasteiger partial charge is 0.351 e. The van der Waals surface area contributed by atoms with E-state index in [0.29, 0.717) is 0 Å². The molecule has 1 heterocycles. The van der Waals surface area contributed by atoms with Gasteiger partial charge in [0.15, 0.2) is 0 Å². The molecule has 0 radical (unpaired) electrons. The van der Waals surface area contributed by atoms with Crippen molar-refractivity contribution in [2.75, 3.05) is 11.2 Å². The molecule has 0 aliphatic heterocycles. The van der Waals surface area contributed by atoms with Gasteiger partial charge in [0.05, 0.1) is 0 Å². The summed E-state index contributed by atoms with van der Waals surface area (Å²) in [5.41, 5.74) is 4.28. The number of urea groups is 1. The number of nitrogens with one attached hydrogen (secondary N) is 1. The fourth-order valence-electron chi connectivity index (χ4n) is 0.617. The topological polar surface area (TPSA) is 116 Å². The fourth-order valence-corrected chi connectivity index (χ4v) is 0.617. The molecule has 2 amide bonds. The van der Waals surface area contributed by atoms with Crippen LogP contribution in [-0.2, 0) is 0 Å². The lowest BCUT2D eigenvalue weighted by Crippen LogP contribution is -2.28. The summed E-state index contributed by atoms with van der Waals surface area (Å²) in [6, 6.07) is 0.332. The van der Waals surface area contributed by atoms with E-state index in [2.05, 4.69) is 10.3 Å². The van der Waals surface area contributed by atoms with Gasteiger partial charge in [-0.1, -0.05) is 0 Å². The Balaban J connectivity index is 3.05. The zero-order chi connectivity index (χ0) is 9.14. The number of primary amides is 1. The second kappa shape index (κ2) is 2.91. The van der Waals surface area contributed by atoms with Gasteiger partial charge < -0.3 is 11.6 Å². The Morgan fingerprint density at radius 1 is 1.67 bits per heavy atom. The first-order valence-corrected chi connectivity index (χ1v) is 3.01. The molecule has 0 fully saturated rings. The number of hydrogen-bond donors (Lipinski definition) is 3. The van der Waals surface area contributed by atoms with E-state index in [1.165, 1.54) is 6.20 Å². The fraction of sp³-hybridized carbons (Fsp3) is 0. The minimum absolute atomic E-state index is 0.0880. The number of anilines is 1. The molecule has 0 aliphatic carbocycles. The van der Waals surface area contributed by atoms with E-state index in [1.807, 2.05) is 0 Å². The number of nitrogens with two attached hydrogens (primary N) is 2. The highest BCUT2D eigenvalue weighted by Gasteiger charge is 2.00. The molecule has 0 saturated carbocycles. The van der Waals surface area contributed by atoms with E-state index in [9.17, 15) is 9.59 Å². The summed E-state index contributed by atoms with van der Waals surface area (Å²) in [4.78, 5) is 24.4. The van der Waals surface area contributed by atoms with Crippen molar-refractivity contribution in [1.82, 2.24) is 9.66 Å². The van der Waals surface area contributed by atoms with Crippen molar-refractivity contribution < 1.29 is 4.79 Å². The van der Waals surface area contributed by atoms with Gasteiger partial charge in [-0.2, -0.15) is 4.98 Å². The lowest BCUT2D eigenvalue weighted by molar-refractivity contribution is 0.259. The molecule has 0 aliphatic rings. The van der Waals surface area contributed by atoms with Crippen LogP contribution >= 0.6 is 0 Å². The van der Waals surface area contributed by atoms with Gasteiger partial charge in [-0.15, -0.1) is 0 Å². The first-order valence-electron chi connectivity index (χ1n) is 3.01. The van der Waals surface area contributed by atoms with E-state index in [1.54, 1.807) is 0 Å². The third kappa shape index (κ3) is 1.72. The highest BCUT2D eigenvalue weighted by molar-refractivity contribution is 5.85. The molecule has 1 aromatic heterocycles. The molecular weight excluding hydrogens is 162 g/mol. The van der Waals surface area contributed by atoms with Crippen molar-refractivity contribution in [3.63, 3.8) is 0 Å². The Labute approximate surface area is 67.0 Å². The summed E-state index contributed by atoms with van der Waals surface area (Å²) < 4.78 is 0.978. The summed E-state index contributed by atoms with van der Waals surface area (Å²) in [7, 11) is 0. The van der Waals surface area contributed by atoms with Crippen LogP contribution in [0.4, 0.5) is 10.7 Å². The average molecular weight is 169 g/mol. The third-order valence-corrected chi connectivity index (χ3v) is 1.07. The smallest absolute Gasteiger partial charge is 0.319 e. The normalized spacial score (nSPS) is 9.33. The summed E-state index contributed by atoms with van der Waals surface area (Å²) in [5.74, 6) is 5.19. The number of carbonyl (C=O) groups excluding carboxylic acids is 1. The average Bonchev–Trinajstić information content (AvgIpc) is 1.96. The van der Waals surface area contributed by atoms with Crippen LogP contribution in [-0.4, -0.2) is 15.7 Å². The summed E-state index contributed by atoms with van der Waals surface area (Å²) in [6.07, 6.45) is 1.26. The maximum Gasteiger partial charge on any atom is 0.319 e. The number of carbonyl (C=O) groups is 1. The minimum atomic E-state index is -0.827. The molecule has 7 heteroatoms. The van der Waals surface area contributed by atoms with Gasteiger partial charge in [-0.05, 0) is 0 Å². The van der Waals surface area contributed by atoms with Gasteiger partial charge in [0, 0.05) is 12.3 Å². The quantitative estimate of drug-likeness (QED) is 0.441. The highest BCUT2D eigenvalue weighted by atomic mass is 16.2. The molecule has 64 valence electrons. The van der Waals surface area contributed by atoms with E-state index in [4.69, 9.17) is 11.6 Å². The number of aromatic nitrogens is 2. The van der Waals surface area contributed by atoms with Gasteiger partial charge >= 0.3 is 6.03 Å². The zero-order valence-corrected chi connectivity index (χ0v) is 6.02. The molecule has 1 rings (SSSR count). The van der Waals surface area contributed by atoms with Crippen molar-refractivity contribution in [3.05, 3.63) is 22.6 Å². The van der Waals surface area contributed by atoms with Crippen LogP contribution in [0.5, 0.6) is 0 Å². The van der Waals surface area contributed by atoms with Crippen LogP contribution in [0.15, 0.2) is 17.1 Å². The van der Waals surface area contributed by atoms with E-state index in [-0.39, 0.29) is 5.95 Å². The Kier molecular flexibility index (Phi) is 1.95. The number of amides is 2. The number of nitrogens with zero attached hydrogens (tertiary/aromatic N) is 2. The zero-order valence-electron chi connectivity index (χ0n) is 6.02. The SMILES string of the molecule is NC(=O)Nc1nc(=O)ccn1N. The summed E-state index contributed by atoms with van der Waals surface area (Å²) in [5, 5.41) is 2.08. The Hall–Kier alpha value is -2.05. The molecule has 7 nitrogen and oxygen atoms in total. The monoisotopic (exact) mass is 169 g/mol. The predicted molar refractivity (Wildman–Crippen MR) is 41.9 cm³/mol. The second-order valence-electron chi connectivity index (χ2n) is 1.99. The molecule has 0 saturated heterocycles. The van der Waals surface area contributed by atoms with E-state index in [0.717, 1.165) is 10.7 Å². The second-order valence-corrected chi connectivity index (χ2v) is 1.99. The van der Waals surface area contributed by atoms with Crippen molar-refractivity contribution in [2.24, 2.45) is 5.73 Å². The number of nitrogen functional groups attached to an aromatic ring is 1. The number of hydrogen-bond acceptors (Lipinski definition) is 4. The van der Waals surface area contributed by atoms with Crippen molar-refractivity contribution in [2.45, 2.75) is 0 Å². The Bertz CT molecular complexity index is 357. The van der Waals surface area contributed by atoms with Crippen molar-refractivity contribution in [1.29, 1.82) is 0 Å². The van der Waals surface area contributed by atoms with Crippen molar-refractivity contribution in [3.8, 4) is 0 Å². The first kappa shape index (κ1) is 8.05. The maximum atomic E-state index is 10.7. The van der Waals surface area contributed by atoms with Crippen LogP contribution in [0.3, 0.4) is 0 Å². The summed E-state index contributed by atoms with van der Waals surface area (Å²) >= 11 is 0. The van der Waals surface area contributed by atoms with Crippen LogP contribution in [0.1, 0.15) is 0 Å². The highest BCUT2D eigenvalue weighted by Crippen LogP contribution is 1.92. The summed E-state index contributed by atoms with van der Waals surface area (Å²) in [6.45, 7) is 0. The standard InChI is InChI=1S/C5H7N5O2/c6-4(12)9-5-8-3(11)1-2-10(5)7/h1-2H,7H2,(H3,6,8,9,11,12). The van der Waals surface area contributed by atoms with Gasteiger partial charge in [0.2, 0.25) is 5.95 Å². The predicted octanol–water partition coefficient (Wildman–Crippen LogP) is -1.55. The van der Waals surface area contributed by atoms with Crippen LogP contribution in [0.2, 0.25) is 0 Å². The van der Waals surface area contributed by atoms with Gasteiger partial charge in [0.25, 0.3) is 5.56 Å². The van der Waals surface area contributed by atoms with E-state index < -0.39 is 11.6 Å². The maximum absolute atomic E-state index is 10.7. The minimum Gasteiger partial charge on any atom is -0.351 e. The molecule has 0 aromatic carbocycles. The van der Waals surface area contributed by atoms with Crippen molar-refractivity contribution >= 4 is 12.0 Å². The van der Waals surface area contributed by atoms with Gasteiger partial charge in [-0.3, -0.25) is 10.1 Å². The molecule has 1 aromatic rings. The number of rotatable bonds is 1. The van der Waals surface area contributed by atoms with Gasteiger partial charge in [-0.25, -0.2) is 9.47 Å². The Morgan fingerprint density at radius 3 is 2.92 bits per heavy atom. The van der Waals surface area contributed by atoms with E-state index >= 15 is 0 Å². The molecule has 0 unspecified atom stereocenters. The van der Waals surface area contributed by atoms with Gasteiger partial charge in [0.1, 0.15) is 0 Å². The van der Waals surface area contributed by atoms with Crippen LogP contribution in [0, 0.1) is 0 Å². The molecule has 5 N–H and O–H groups in total. The Morgan fingerprint density at radius 2 is 2.33 bits per heavy atom. The first-order chi connectivity index (χ1) is 5.59. The van der Waals surface area contributed by atoms with Crippen LogP contribution in [0.25, 0.3) is 0 Å². The molecular formula is C5H7N5O2. The molecule has 0 bridgehead atoms. The molecule has 0 atom stereocenters. The lowest BCUT2D eigenvalue weighted by Gasteiger charge is -2.04. The third-order valence-electron chi connectivity index (χ3n) is 1.07. The molecule has 0 spiro atoms. The lowest BCUT2D eigenvalue weighted by atomic mass is 10.6. The van der Waals surface area contributed by atoms with Crippen LogP contribution < -0.4 is 22.5 Å².